The summed E-state index contributed by atoms with van der Waals surface area (Å²) in [4.78, 5) is 11.8. The molecule has 0 aliphatic heterocycles. The quantitative estimate of drug-likeness (QED) is 0.801. The number of thioether (sulfide) groups is 1. The Morgan fingerprint density at radius 3 is 2.50 bits per heavy atom. The second-order valence-corrected chi connectivity index (χ2v) is 7.14. The molecule has 0 saturated heterocycles. The maximum Gasteiger partial charge on any atom is 0.234 e. The summed E-state index contributed by atoms with van der Waals surface area (Å²) in [6.45, 7) is 4.59. The number of hydrogen-bond donors (Lipinski definition) is 2. The zero-order valence-corrected chi connectivity index (χ0v) is 14.3. The zero-order valence-electron chi connectivity index (χ0n) is 10.3. The highest BCUT2D eigenvalue weighted by molar-refractivity contribution is 9.11. The third-order valence-corrected chi connectivity index (χ3v) is 4.72. The molecule has 0 heterocycles. The topological polar surface area (TPSA) is 55.1 Å². The summed E-state index contributed by atoms with van der Waals surface area (Å²) >= 11 is 8.45. The molecule has 1 rings (SSSR count). The van der Waals surface area contributed by atoms with Crippen LogP contribution in [0.5, 0.6) is 0 Å². The molecule has 18 heavy (non-hydrogen) atoms. The summed E-state index contributed by atoms with van der Waals surface area (Å²) in [5.41, 5.74) is 7.40. The summed E-state index contributed by atoms with van der Waals surface area (Å²) in [6, 6.07) is 3.94. The molecule has 0 aliphatic carbocycles. The molecule has 0 aliphatic rings. The molecule has 3 nitrogen and oxygen atoms in total. The largest absolute Gasteiger partial charge is 0.329 e. The number of rotatable bonds is 5. The van der Waals surface area contributed by atoms with E-state index in [1.165, 1.54) is 0 Å². The Morgan fingerprint density at radius 2 is 2.00 bits per heavy atom. The lowest BCUT2D eigenvalue weighted by Crippen LogP contribution is -2.19. The van der Waals surface area contributed by atoms with Gasteiger partial charge in [0.1, 0.15) is 0 Å². The molecule has 3 N–H and O–H groups in total. The molecule has 0 saturated carbocycles. The fraction of sp³-hybridized carbons (Fsp3) is 0.417. The van der Waals surface area contributed by atoms with Gasteiger partial charge in [-0.3, -0.25) is 4.79 Å². The lowest BCUT2D eigenvalue weighted by molar-refractivity contribution is -0.113. The molecule has 1 aromatic carbocycles. The number of nitrogens with two attached hydrogens (primary N) is 1. The van der Waals surface area contributed by atoms with Crippen LogP contribution in [0.1, 0.15) is 12.5 Å². The molecule has 0 spiro atoms. The van der Waals surface area contributed by atoms with Gasteiger partial charge in [-0.15, -0.1) is 11.8 Å². The van der Waals surface area contributed by atoms with Crippen molar-refractivity contribution < 1.29 is 4.79 Å². The Labute approximate surface area is 129 Å². The maximum absolute atomic E-state index is 11.8. The van der Waals surface area contributed by atoms with Crippen LogP contribution in [-0.2, 0) is 4.79 Å². The van der Waals surface area contributed by atoms with E-state index in [1.54, 1.807) is 11.8 Å². The van der Waals surface area contributed by atoms with E-state index in [-0.39, 0.29) is 5.91 Å². The molecular formula is C12H16Br2N2OS. The van der Waals surface area contributed by atoms with E-state index < -0.39 is 0 Å². The number of hydrogen-bond acceptors (Lipinski definition) is 3. The van der Waals surface area contributed by atoms with Gasteiger partial charge < -0.3 is 11.1 Å². The number of nitrogens with one attached hydrogen (secondary N) is 1. The van der Waals surface area contributed by atoms with Crippen molar-refractivity contribution in [1.29, 1.82) is 0 Å². The monoisotopic (exact) mass is 394 g/mol. The standard InChI is InChI=1S/C12H16Br2N2OS/c1-7-3-9(13)12(10(14)4-7)16-11(17)6-18-8(2)5-15/h3-4,8H,5-6,15H2,1-2H3,(H,16,17). The number of amides is 1. The van der Waals surface area contributed by atoms with Crippen molar-refractivity contribution in [3.05, 3.63) is 26.6 Å². The van der Waals surface area contributed by atoms with Gasteiger partial charge in [-0.05, 0) is 56.5 Å². The fourth-order valence-electron chi connectivity index (χ4n) is 1.28. The first kappa shape index (κ1) is 16.0. The molecule has 0 fully saturated rings. The zero-order chi connectivity index (χ0) is 13.7. The van der Waals surface area contributed by atoms with Crippen LogP contribution in [0.2, 0.25) is 0 Å². The SMILES string of the molecule is Cc1cc(Br)c(NC(=O)CSC(C)CN)c(Br)c1. The van der Waals surface area contributed by atoms with Crippen LogP contribution in [0.15, 0.2) is 21.1 Å². The molecule has 100 valence electrons. The first-order valence-corrected chi connectivity index (χ1v) is 8.14. The van der Waals surface area contributed by atoms with Crippen LogP contribution in [0, 0.1) is 6.92 Å². The third-order valence-electron chi connectivity index (χ3n) is 2.28. The lowest BCUT2D eigenvalue weighted by atomic mass is 10.2. The van der Waals surface area contributed by atoms with E-state index in [9.17, 15) is 4.79 Å². The molecule has 1 aromatic rings. The van der Waals surface area contributed by atoms with Gasteiger partial charge in [0, 0.05) is 20.7 Å². The second-order valence-electron chi connectivity index (χ2n) is 4.01. The van der Waals surface area contributed by atoms with Gasteiger partial charge in [-0.1, -0.05) is 6.92 Å². The summed E-state index contributed by atoms with van der Waals surface area (Å²) < 4.78 is 1.75. The predicted octanol–water partition coefficient (Wildman–Crippen LogP) is 3.54. The normalized spacial score (nSPS) is 12.3. The van der Waals surface area contributed by atoms with Crippen LogP contribution in [-0.4, -0.2) is 23.5 Å². The molecule has 6 heteroatoms. The Kier molecular flexibility index (Phi) is 6.70. The van der Waals surface area contributed by atoms with Crippen molar-refractivity contribution in [3.63, 3.8) is 0 Å². The van der Waals surface area contributed by atoms with Crippen LogP contribution in [0.25, 0.3) is 0 Å². The van der Waals surface area contributed by atoms with Crippen LogP contribution >= 0.6 is 43.6 Å². The molecule has 1 atom stereocenters. The van der Waals surface area contributed by atoms with Gasteiger partial charge in [-0.2, -0.15) is 0 Å². The van der Waals surface area contributed by atoms with E-state index in [1.807, 2.05) is 26.0 Å². The van der Waals surface area contributed by atoms with Gasteiger partial charge in [0.15, 0.2) is 0 Å². The smallest absolute Gasteiger partial charge is 0.234 e. The lowest BCUT2D eigenvalue weighted by Gasteiger charge is -2.12. The minimum absolute atomic E-state index is 0.0226. The van der Waals surface area contributed by atoms with Gasteiger partial charge in [0.05, 0.1) is 11.4 Å². The molecule has 0 radical (unpaired) electrons. The van der Waals surface area contributed by atoms with E-state index in [0.717, 1.165) is 20.2 Å². The average Bonchev–Trinajstić information content (AvgIpc) is 2.30. The van der Waals surface area contributed by atoms with E-state index in [4.69, 9.17) is 5.73 Å². The molecule has 0 aromatic heterocycles. The highest BCUT2D eigenvalue weighted by atomic mass is 79.9. The van der Waals surface area contributed by atoms with Crippen LogP contribution < -0.4 is 11.1 Å². The third kappa shape index (κ3) is 4.91. The summed E-state index contributed by atoms with van der Waals surface area (Å²) in [5, 5.41) is 3.18. The summed E-state index contributed by atoms with van der Waals surface area (Å²) in [6.07, 6.45) is 0. The maximum atomic E-state index is 11.8. The molecule has 1 unspecified atom stereocenters. The Hall–Kier alpha value is -0.0400. The van der Waals surface area contributed by atoms with E-state index in [0.29, 0.717) is 17.5 Å². The van der Waals surface area contributed by atoms with Crippen molar-refractivity contribution in [2.24, 2.45) is 5.73 Å². The van der Waals surface area contributed by atoms with Crippen molar-refractivity contribution in [2.45, 2.75) is 19.1 Å². The van der Waals surface area contributed by atoms with Crippen LogP contribution in [0.4, 0.5) is 5.69 Å². The Bertz CT molecular complexity index is 417. The molecule has 1 amide bonds. The van der Waals surface area contributed by atoms with E-state index in [2.05, 4.69) is 37.2 Å². The highest BCUT2D eigenvalue weighted by Gasteiger charge is 2.11. The number of carbonyl (C=O) groups excluding carboxylic acids is 1. The minimum Gasteiger partial charge on any atom is -0.329 e. The number of carbonyl (C=O) groups is 1. The fourth-order valence-corrected chi connectivity index (χ4v) is 3.54. The van der Waals surface area contributed by atoms with E-state index >= 15 is 0 Å². The van der Waals surface area contributed by atoms with Gasteiger partial charge >= 0.3 is 0 Å². The predicted molar refractivity (Wildman–Crippen MR) is 86.2 cm³/mol. The number of halogens is 2. The van der Waals surface area contributed by atoms with Crippen molar-refractivity contribution >= 4 is 55.2 Å². The highest BCUT2D eigenvalue weighted by Crippen LogP contribution is 2.32. The van der Waals surface area contributed by atoms with Gasteiger partial charge in [-0.25, -0.2) is 0 Å². The van der Waals surface area contributed by atoms with Crippen LogP contribution in [0.3, 0.4) is 0 Å². The number of aryl methyl sites for hydroxylation is 1. The molecular weight excluding hydrogens is 380 g/mol. The van der Waals surface area contributed by atoms with Gasteiger partial charge in [0.2, 0.25) is 5.91 Å². The van der Waals surface area contributed by atoms with Crippen molar-refractivity contribution in [1.82, 2.24) is 0 Å². The first-order valence-electron chi connectivity index (χ1n) is 5.51. The van der Waals surface area contributed by atoms with Crippen molar-refractivity contribution in [2.75, 3.05) is 17.6 Å². The van der Waals surface area contributed by atoms with Gasteiger partial charge in [0.25, 0.3) is 0 Å². The Morgan fingerprint density at radius 1 is 1.44 bits per heavy atom. The van der Waals surface area contributed by atoms with Crippen molar-refractivity contribution in [3.8, 4) is 0 Å². The number of anilines is 1. The minimum atomic E-state index is -0.0226. The Balaban J connectivity index is 2.65. The average molecular weight is 396 g/mol. The summed E-state index contributed by atoms with van der Waals surface area (Å²) in [7, 11) is 0. The molecule has 0 bridgehead atoms. The summed E-state index contributed by atoms with van der Waals surface area (Å²) in [5.74, 6) is 0.385. The first-order chi connectivity index (χ1) is 8.43. The number of benzene rings is 1. The second kappa shape index (κ2) is 7.53.